The molecule has 0 radical (unpaired) electrons. The van der Waals surface area contributed by atoms with Crippen molar-refractivity contribution in [1.29, 1.82) is 0 Å². The Morgan fingerprint density at radius 1 is 1.38 bits per heavy atom. The average molecular weight is 176 g/mol. The molecule has 0 bridgehead atoms. The number of nitrogens with zero attached hydrogens (tertiary/aromatic N) is 1. The van der Waals surface area contributed by atoms with E-state index in [1.807, 2.05) is 18.2 Å². The van der Waals surface area contributed by atoms with Crippen LogP contribution in [-0.2, 0) is 0 Å². The van der Waals surface area contributed by atoms with Crippen LogP contribution in [0.2, 0.25) is 0 Å². The molecular formula is C11H16N2. The number of para-hydroxylation sites is 1. The Morgan fingerprint density at radius 3 is 2.69 bits per heavy atom. The molecule has 0 heterocycles. The largest absolute Gasteiger partial charge is 0.383 e. The van der Waals surface area contributed by atoms with Gasteiger partial charge in [0.1, 0.15) is 0 Å². The first-order chi connectivity index (χ1) is 6.33. The summed E-state index contributed by atoms with van der Waals surface area (Å²) in [5.74, 6) is 0. The van der Waals surface area contributed by atoms with Gasteiger partial charge in [0, 0.05) is 18.3 Å². The predicted molar refractivity (Wildman–Crippen MR) is 58.6 cm³/mol. The summed E-state index contributed by atoms with van der Waals surface area (Å²) in [6.45, 7) is 6.43. The van der Waals surface area contributed by atoms with Crippen molar-refractivity contribution in [3.05, 3.63) is 30.3 Å². The monoisotopic (exact) mass is 176 g/mol. The van der Waals surface area contributed by atoms with Gasteiger partial charge in [-0.3, -0.25) is 0 Å². The number of nitrogens with one attached hydrogen (secondary N) is 1. The second-order valence-corrected chi connectivity index (χ2v) is 3.15. The molecule has 0 unspecified atom stereocenters. The highest BCUT2D eigenvalue weighted by Crippen LogP contribution is 2.08. The molecule has 70 valence electrons. The molecule has 1 atom stereocenters. The Balaban J connectivity index is 2.36. The molecule has 0 fully saturated rings. The zero-order chi connectivity index (χ0) is 9.52. The van der Waals surface area contributed by atoms with E-state index >= 15 is 0 Å². The molecule has 2 nitrogen and oxygen atoms in total. The van der Waals surface area contributed by atoms with E-state index in [4.69, 9.17) is 0 Å². The first kappa shape index (κ1) is 9.78. The summed E-state index contributed by atoms with van der Waals surface area (Å²) in [6, 6.07) is 10.7. The van der Waals surface area contributed by atoms with Gasteiger partial charge in [-0.25, -0.2) is 0 Å². The number of rotatable bonds is 5. The predicted octanol–water partition coefficient (Wildman–Crippen LogP) is 2.58. The summed E-state index contributed by atoms with van der Waals surface area (Å²) in [7, 11) is 0. The highest BCUT2D eigenvalue weighted by atomic mass is 14.9. The number of benzene rings is 1. The van der Waals surface area contributed by atoms with Crippen LogP contribution in [-0.4, -0.2) is 19.3 Å². The normalized spacial score (nSPS) is 12.1. The van der Waals surface area contributed by atoms with Gasteiger partial charge in [0.05, 0.1) is 0 Å². The van der Waals surface area contributed by atoms with E-state index in [-0.39, 0.29) is 0 Å². The first-order valence-electron chi connectivity index (χ1n) is 4.57. The maximum Gasteiger partial charge on any atom is 0.0401 e. The van der Waals surface area contributed by atoms with Crippen molar-refractivity contribution in [2.45, 2.75) is 19.4 Å². The molecule has 13 heavy (non-hydrogen) atoms. The first-order valence-corrected chi connectivity index (χ1v) is 4.57. The van der Waals surface area contributed by atoms with E-state index in [9.17, 15) is 0 Å². The van der Waals surface area contributed by atoms with Crippen molar-refractivity contribution >= 4 is 12.4 Å². The summed E-state index contributed by atoms with van der Waals surface area (Å²) in [4.78, 5) is 3.83. The molecule has 0 aliphatic rings. The van der Waals surface area contributed by atoms with Gasteiger partial charge in [-0.15, -0.1) is 0 Å². The fourth-order valence-corrected chi connectivity index (χ4v) is 1.18. The molecule has 1 rings (SSSR count). The minimum Gasteiger partial charge on any atom is -0.383 e. The molecule has 0 aromatic heterocycles. The Bertz CT molecular complexity index is 244. The number of aliphatic imine (C=N–C) groups is 1. The standard InChI is InChI=1S/C11H16N2/c1-10(8-9-12-2)13-11-6-4-3-5-7-11/h3-7,10,13H,2,8-9H2,1H3/t10-/m0/s1. The molecule has 0 amide bonds. The quantitative estimate of drug-likeness (QED) is 0.685. The van der Waals surface area contributed by atoms with E-state index in [0.717, 1.165) is 13.0 Å². The summed E-state index contributed by atoms with van der Waals surface area (Å²) < 4.78 is 0. The molecular weight excluding hydrogens is 160 g/mol. The summed E-state index contributed by atoms with van der Waals surface area (Å²) >= 11 is 0. The van der Waals surface area contributed by atoms with Crippen LogP contribution >= 0.6 is 0 Å². The van der Waals surface area contributed by atoms with Crippen molar-refractivity contribution in [3.63, 3.8) is 0 Å². The van der Waals surface area contributed by atoms with E-state index in [0.29, 0.717) is 6.04 Å². The third kappa shape index (κ3) is 3.74. The second-order valence-electron chi connectivity index (χ2n) is 3.15. The van der Waals surface area contributed by atoms with Crippen molar-refractivity contribution in [3.8, 4) is 0 Å². The zero-order valence-electron chi connectivity index (χ0n) is 8.03. The van der Waals surface area contributed by atoms with Crippen molar-refractivity contribution in [2.24, 2.45) is 4.99 Å². The molecule has 0 aliphatic heterocycles. The molecule has 0 saturated heterocycles. The Labute approximate surface area is 79.7 Å². The Kier molecular flexibility index (Phi) is 4.03. The van der Waals surface area contributed by atoms with Crippen LogP contribution in [0.25, 0.3) is 0 Å². The second kappa shape index (κ2) is 5.36. The summed E-state index contributed by atoms with van der Waals surface area (Å²) in [5.41, 5.74) is 1.17. The van der Waals surface area contributed by atoms with Crippen molar-refractivity contribution < 1.29 is 0 Å². The third-order valence-electron chi connectivity index (χ3n) is 1.91. The van der Waals surface area contributed by atoms with Gasteiger partial charge in [-0.1, -0.05) is 18.2 Å². The molecule has 0 saturated carbocycles. The maximum absolute atomic E-state index is 3.83. The van der Waals surface area contributed by atoms with Gasteiger partial charge in [0.25, 0.3) is 0 Å². The van der Waals surface area contributed by atoms with Gasteiger partial charge in [0.15, 0.2) is 0 Å². The third-order valence-corrected chi connectivity index (χ3v) is 1.91. The van der Waals surface area contributed by atoms with E-state index < -0.39 is 0 Å². The summed E-state index contributed by atoms with van der Waals surface area (Å²) in [6.07, 6.45) is 1.03. The minimum atomic E-state index is 0.452. The van der Waals surface area contributed by atoms with Crippen LogP contribution in [0, 0.1) is 0 Å². The highest BCUT2D eigenvalue weighted by molar-refractivity contribution is 5.43. The van der Waals surface area contributed by atoms with Crippen LogP contribution in [0.4, 0.5) is 5.69 Å². The van der Waals surface area contributed by atoms with Gasteiger partial charge in [-0.05, 0) is 32.2 Å². The molecule has 0 spiro atoms. The summed E-state index contributed by atoms with van der Waals surface area (Å²) in [5, 5.41) is 3.39. The lowest BCUT2D eigenvalue weighted by atomic mass is 10.2. The fourth-order valence-electron chi connectivity index (χ4n) is 1.18. The van der Waals surface area contributed by atoms with Crippen LogP contribution < -0.4 is 5.32 Å². The minimum absolute atomic E-state index is 0.452. The molecule has 0 aliphatic carbocycles. The van der Waals surface area contributed by atoms with Gasteiger partial charge >= 0.3 is 0 Å². The molecule has 2 heteroatoms. The van der Waals surface area contributed by atoms with Gasteiger partial charge < -0.3 is 10.3 Å². The van der Waals surface area contributed by atoms with E-state index in [1.165, 1.54) is 5.69 Å². The van der Waals surface area contributed by atoms with Crippen LogP contribution in [0.1, 0.15) is 13.3 Å². The van der Waals surface area contributed by atoms with E-state index in [1.54, 1.807) is 0 Å². The zero-order valence-corrected chi connectivity index (χ0v) is 8.03. The number of anilines is 1. The average Bonchev–Trinajstić information content (AvgIpc) is 2.16. The molecule has 1 aromatic carbocycles. The Morgan fingerprint density at radius 2 is 2.08 bits per heavy atom. The number of hydrogen-bond donors (Lipinski definition) is 1. The Hall–Kier alpha value is -1.31. The lowest BCUT2D eigenvalue weighted by Gasteiger charge is -2.13. The van der Waals surface area contributed by atoms with Crippen molar-refractivity contribution in [1.82, 2.24) is 0 Å². The fraction of sp³-hybridized carbons (Fsp3) is 0.364. The van der Waals surface area contributed by atoms with Crippen molar-refractivity contribution in [2.75, 3.05) is 11.9 Å². The number of hydrogen-bond acceptors (Lipinski definition) is 2. The topological polar surface area (TPSA) is 24.4 Å². The van der Waals surface area contributed by atoms with Gasteiger partial charge in [-0.2, -0.15) is 0 Å². The highest BCUT2D eigenvalue weighted by Gasteiger charge is 1.99. The van der Waals surface area contributed by atoms with Gasteiger partial charge in [0.2, 0.25) is 0 Å². The van der Waals surface area contributed by atoms with E-state index in [2.05, 4.69) is 36.1 Å². The molecule has 1 N–H and O–H groups in total. The smallest absolute Gasteiger partial charge is 0.0401 e. The molecule has 1 aromatic rings. The van der Waals surface area contributed by atoms with Crippen LogP contribution in [0.5, 0.6) is 0 Å². The maximum atomic E-state index is 3.83. The lowest BCUT2D eigenvalue weighted by molar-refractivity contribution is 0.720. The van der Waals surface area contributed by atoms with Crippen LogP contribution in [0.3, 0.4) is 0 Å². The van der Waals surface area contributed by atoms with Crippen LogP contribution in [0.15, 0.2) is 35.3 Å². The SMILES string of the molecule is C=NCC[C@H](C)Nc1ccccc1. The lowest BCUT2D eigenvalue weighted by Crippen LogP contribution is -2.15.